The van der Waals surface area contributed by atoms with Crippen molar-refractivity contribution in [1.29, 1.82) is 0 Å². The number of phenolic OH excluding ortho intramolecular Hbond substituents is 2. The maximum atomic E-state index is 11.5. The first-order valence-electron chi connectivity index (χ1n) is 4.78. The normalized spacial score (nSPS) is 11.1. The second kappa shape index (κ2) is 5.05. The maximum Gasteiger partial charge on any atom is 0.258 e. The van der Waals surface area contributed by atoms with Gasteiger partial charge in [0, 0.05) is 12.8 Å². The van der Waals surface area contributed by atoms with Gasteiger partial charge in [-0.1, -0.05) is 6.07 Å². The molecule has 0 aliphatic rings. The molecule has 0 saturated carbocycles. The zero-order valence-corrected chi connectivity index (χ0v) is 9.99. The van der Waals surface area contributed by atoms with E-state index in [1.807, 2.05) is 0 Å². The first-order valence-corrected chi connectivity index (χ1v) is 6.84. The molecular formula is C10H13NO5S. The maximum absolute atomic E-state index is 11.5. The smallest absolute Gasteiger partial charge is 0.258 e. The number of carbonyl (C=O) groups is 1. The van der Waals surface area contributed by atoms with Gasteiger partial charge in [0.25, 0.3) is 5.91 Å². The highest BCUT2D eigenvalue weighted by molar-refractivity contribution is 7.90. The van der Waals surface area contributed by atoms with Crippen LogP contribution >= 0.6 is 0 Å². The predicted octanol–water partition coefficient (Wildman–Crippen LogP) is -0.128. The monoisotopic (exact) mass is 259 g/mol. The second-order valence-corrected chi connectivity index (χ2v) is 5.82. The second-order valence-electron chi connectivity index (χ2n) is 3.56. The summed E-state index contributed by atoms with van der Waals surface area (Å²) in [5.41, 5.74) is -0.263. The molecule has 1 amide bonds. The Morgan fingerprint density at radius 3 is 2.29 bits per heavy atom. The topological polar surface area (TPSA) is 104 Å². The van der Waals surface area contributed by atoms with Gasteiger partial charge in [0.1, 0.15) is 26.9 Å². The SMILES string of the molecule is CS(=O)(=O)CCNC(=O)c1c(O)cccc1O. The van der Waals surface area contributed by atoms with Gasteiger partial charge < -0.3 is 15.5 Å². The van der Waals surface area contributed by atoms with Crippen molar-refractivity contribution in [3.8, 4) is 11.5 Å². The zero-order chi connectivity index (χ0) is 13.1. The van der Waals surface area contributed by atoms with E-state index in [4.69, 9.17) is 0 Å². The van der Waals surface area contributed by atoms with Crippen molar-refractivity contribution >= 4 is 15.7 Å². The minimum absolute atomic E-state index is 0.0779. The minimum Gasteiger partial charge on any atom is -0.507 e. The Labute approximate surface area is 98.8 Å². The Kier molecular flexibility index (Phi) is 3.95. The molecule has 0 aromatic heterocycles. The predicted molar refractivity (Wildman–Crippen MR) is 61.8 cm³/mol. The molecule has 0 heterocycles. The van der Waals surface area contributed by atoms with E-state index >= 15 is 0 Å². The van der Waals surface area contributed by atoms with Crippen LogP contribution in [0.5, 0.6) is 11.5 Å². The number of benzene rings is 1. The number of hydrogen-bond donors (Lipinski definition) is 3. The molecule has 0 aliphatic carbocycles. The number of amides is 1. The molecule has 0 aliphatic heterocycles. The van der Waals surface area contributed by atoms with Crippen LogP contribution in [0.1, 0.15) is 10.4 Å². The quantitative estimate of drug-likeness (QED) is 0.699. The van der Waals surface area contributed by atoms with Crippen molar-refractivity contribution in [3.63, 3.8) is 0 Å². The summed E-state index contributed by atoms with van der Waals surface area (Å²) in [7, 11) is -3.16. The Morgan fingerprint density at radius 2 is 1.82 bits per heavy atom. The molecule has 0 spiro atoms. The number of phenols is 2. The van der Waals surface area contributed by atoms with Gasteiger partial charge in [0.15, 0.2) is 0 Å². The lowest BCUT2D eigenvalue weighted by Gasteiger charge is -2.07. The van der Waals surface area contributed by atoms with Crippen LogP contribution in [0.2, 0.25) is 0 Å². The van der Waals surface area contributed by atoms with Gasteiger partial charge in [0.2, 0.25) is 0 Å². The molecule has 0 radical (unpaired) electrons. The number of hydrogen-bond acceptors (Lipinski definition) is 5. The van der Waals surface area contributed by atoms with E-state index in [2.05, 4.69) is 5.32 Å². The van der Waals surface area contributed by atoms with E-state index in [1.165, 1.54) is 18.2 Å². The van der Waals surface area contributed by atoms with Crippen LogP contribution in [-0.4, -0.2) is 43.1 Å². The fraction of sp³-hybridized carbons (Fsp3) is 0.300. The number of carbonyl (C=O) groups excluding carboxylic acids is 1. The summed E-state index contributed by atoms with van der Waals surface area (Å²) < 4.78 is 21.7. The third-order valence-corrected chi connectivity index (χ3v) is 2.95. The highest BCUT2D eigenvalue weighted by Gasteiger charge is 2.15. The van der Waals surface area contributed by atoms with Crippen molar-refractivity contribution in [2.45, 2.75) is 0 Å². The molecule has 0 saturated heterocycles. The van der Waals surface area contributed by atoms with Crippen LogP contribution in [0.3, 0.4) is 0 Å². The number of rotatable bonds is 4. The minimum atomic E-state index is -3.16. The molecule has 0 unspecified atom stereocenters. The van der Waals surface area contributed by atoms with Crippen LogP contribution in [0.25, 0.3) is 0 Å². The summed E-state index contributed by atoms with van der Waals surface area (Å²) in [5, 5.41) is 21.1. The molecule has 94 valence electrons. The summed E-state index contributed by atoms with van der Waals surface area (Å²) in [5.74, 6) is -1.64. The third kappa shape index (κ3) is 3.95. The van der Waals surface area contributed by atoms with E-state index in [-0.39, 0.29) is 29.4 Å². The van der Waals surface area contributed by atoms with Gasteiger partial charge in [-0.25, -0.2) is 8.42 Å². The van der Waals surface area contributed by atoms with Crippen LogP contribution < -0.4 is 5.32 Å². The van der Waals surface area contributed by atoms with Gasteiger partial charge in [-0.05, 0) is 12.1 Å². The van der Waals surface area contributed by atoms with Gasteiger partial charge in [-0.2, -0.15) is 0 Å². The molecule has 0 fully saturated rings. The first-order chi connectivity index (χ1) is 7.81. The molecule has 6 nitrogen and oxygen atoms in total. The molecule has 17 heavy (non-hydrogen) atoms. The van der Waals surface area contributed by atoms with E-state index < -0.39 is 15.7 Å². The van der Waals surface area contributed by atoms with E-state index in [0.717, 1.165) is 6.26 Å². The molecule has 3 N–H and O–H groups in total. The largest absolute Gasteiger partial charge is 0.507 e. The summed E-state index contributed by atoms with van der Waals surface area (Å²) in [6.45, 7) is -0.0779. The molecular weight excluding hydrogens is 246 g/mol. The Bertz CT molecular complexity index is 503. The molecule has 7 heteroatoms. The van der Waals surface area contributed by atoms with Crippen molar-refractivity contribution in [1.82, 2.24) is 5.32 Å². The van der Waals surface area contributed by atoms with E-state index in [9.17, 15) is 23.4 Å². The standard InChI is InChI=1S/C10H13NO5S/c1-17(15,16)6-5-11-10(14)9-7(12)3-2-4-8(9)13/h2-4,12-13H,5-6H2,1H3,(H,11,14). The third-order valence-electron chi connectivity index (χ3n) is 2.01. The lowest BCUT2D eigenvalue weighted by molar-refractivity contribution is 0.0950. The van der Waals surface area contributed by atoms with Crippen molar-refractivity contribution in [2.75, 3.05) is 18.6 Å². The van der Waals surface area contributed by atoms with Crippen molar-refractivity contribution in [2.24, 2.45) is 0 Å². The van der Waals surface area contributed by atoms with Gasteiger partial charge in [-0.15, -0.1) is 0 Å². The molecule has 0 bridgehead atoms. The van der Waals surface area contributed by atoms with Crippen LogP contribution in [0, 0.1) is 0 Å². The van der Waals surface area contributed by atoms with Gasteiger partial charge in [0.05, 0.1) is 5.75 Å². The number of aromatic hydroxyl groups is 2. The molecule has 1 rings (SSSR count). The molecule has 0 atom stereocenters. The lowest BCUT2D eigenvalue weighted by Crippen LogP contribution is -2.28. The van der Waals surface area contributed by atoms with Crippen LogP contribution in [0.4, 0.5) is 0 Å². The van der Waals surface area contributed by atoms with Crippen molar-refractivity contribution in [3.05, 3.63) is 23.8 Å². The van der Waals surface area contributed by atoms with Gasteiger partial charge >= 0.3 is 0 Å². The fourth-order valence-electron chi connectivity index (χ4n) is 1.20. The average molecular weight is 259 g/mol. The Balaban J connectivity index is 2.71. The Morgan fingerprint density at radius 1 is 1.29 bits per heavy atom. The summed E-state index contributed by atoms with van der Waals surface area (Å²) in [4.78, 5) is 11.5. The Hall–Kier alpha value is -1.76. The molecule has 1 aromatic carbocycles. The van der Waals surface area contributed by atoms with E-state index in [0.29, 0.717) is 0 Å². The zero-order valence-electron chi connectivity index (χ0n) is 9.17. The summed E-state index contributed by atoms with van der Waals surface area (Å²) >= 11 is 0. The number of sulfone groups is 1. The highest BCUT2D eigenvalue weighted by Crippen LogP contribution is 2.25. The lowest BCUT2D eigenvalue weighted by atomic mass is 10.1. The number of nitrogens with one attached hydrogen (secondary N) is 1. The first kappa shape index (κ1) is 13.3. The van der Waals surface area contributed by atoms with Crippen LogP contribution in [0.15, 0.2) is 18.2 Å². The summed E-state index contributed by atoms with van der Waals surface area (Å²) in [6, 6.07) is 3.90. The fourth-order valence-corrected chi connectivity index (χ4v) is 1.67. The highest BCUT2D eigenvalue weighted by atomic mass is 32.2. The molecule has 1 aromatic rings. The summed E-state index contributed by atoms with van der Waals surface area (Å²) in [6.07, 6.45) is 1.05. The van der Waals surface area contributed by atoms with Gasteiger partial charge in [-0.3, -0.25) is 4.79 Å². The van der Waals surface area contributed by atoms with Crippen molar-refractivity contribution < 1.29 is 23.4 Å². The van der Waals surface area contributed by atoms with Crippen LogP contribution in [-0.2, 0) is 9.84 Å². The average Bonchev–Trinajstić information content (AvgIpc) is 2.15. The van der Waals surface area contributed by atoms with E-state index in [1.54, 1.807) is 0 Å².